The molecule has 0 unspecified atom stereocenters. The first-order chi connectivity index (χ1) is 8.13. The van der Waals surface area contributed by atoms with E-state index in [0.717, 1.165) is 31.3 Å². The fourth-order valence-corrected chi connectivity index (χ4v) is 1.36. The maximum absolute atomic E-state index is 4.27. The van der Waals surface area contributed by atoms with Gasteiger partial charge in [0.1, 0.15) is 18.0 Å². The van der Waals surface area contributed by atoms with Crippen LogP contribution < -0.4 is 15.5 Å². The van der Waals surface area contributed by atoms with Crippen molar-refractivity contribution in [2.45, 2.75) is 13.8 Å². The molecule has 1 rings (SSSR count). The Kier molecular flexibility index (Phi) is 5.69. The van der Waals surface area contributed by atoms with Crippen molar-refractivity contribution in [3.8, 4) is 0 Å². The third-order valence-electron chi connectivity index (χ3n) is 2.43. The van der Waals surface area contributed by atoms with Crippen molar-refractivity contribution >= 4 is 11.6 Å². The third kappa shape index (κ3) is 4.99. The van der Waals surface area contributed by atoms with Gasteiger partial charge in [-0.15, -0.1) is 0 Å². The van der Waals surface area contributed by atoms with Crippen molar-refractivity contribution in [2.24, 2.45) is 5.92 Å². The molecule has 0 amide bonds. The third-order valence-corrected chi connectivity index (χ3v) is 2.43. The fraction of sp³-hybridized carbons (Fsp3) is 0.667. The van der Waals surface area contributed by atoms with Crippen LogP contribution in [0, 0.1) is 5.92 Å². The molecule has 0 aliphatic carbocycles. The SMILES string of the molecule is CNCCN(C)c1cc(NCC(C)C)ncn1. The number of rotatable bonds is 7. The second kappa shape index (κ2) is 7.06. The van der Waals surface area contributed by atoms with Gasteiger partial charge in [-0.3, -0.25) is 0 Å². The number of hydrogen-bond acceptors (Lipinski definition) is 5. The molecule has 0 aromatic carbocycles. The number of likely N-dealkylation sites (N-methyl/N-ethyl adjacent to an activating group) is 2. The van der Waals surface area contributed by atoms with Crippen LogP contribution in [-0.4, -0.2) is 43.7 Å². The first-order valence-electron chi connectivity index (χ1n) is 6.05. The normalized spacial score (nSPS) is 10.6. The standard InChI is InChI=1S/C12H23N5/c1-10(2)8-14-11-7-12(16-9-15-11)17(4)6-5-13-3/h7,9-10,13H,5-6,8H2,1-4H3,(H,14,15,16). The molecule has 1 aromatic heterocycles. The molecular weight excluding hydrogens is 214 g/mol. The molecular formula is C12H23N5. The molecule has 5 heteroatoms. The topological polar surface area (TPSA) is 53.1 Å². The van der Waals surface area contributed by atoms with Gasteiger partial charge in [0.25, 0.3) is 0 Å². The maximum Gasteiger partial charge on any atom is 0.133 e. The lowest BCUT2D eigenvalue weighted by Crippen LogP contribution is -2.27. The predicted molar refractivity (Wildman–Crippen MR) is 72.6 cm³/mol. The Morgan fingerprint density at radius 2 is 2.12 bits per heavy atom. The zero-order valence-electron chi connectivity index (χ0n) is 11.2. The van der Waals surface area contributed by atoms with Crippen LogP contribution in [0.3, 0.4) is 0 Å². The fourth-order valence-electron chi connectivity index (χ4n) is 1.36. The Labute approximate surface area is 104 Å². The minimum atomic E-state index is 0.607. The Morgan fingerprint density at radius 1 is 1.35 bits per heavy atom. The Morgan fingerprint density at radius 3 is 2.76 bits per heavy atom. The number of nitrogens with one attached hydrogen (secondary N) is 2. The Balaban J connectivity index is 2.58. The lowest BCUT2D eigenvalue weighted by Gasteiger charge is -2.18. The van der Waals surface area contributed by atoms with Gasteiger partial charge in [0.2, 0.25) is 0 Å². The molecule has 96 valence electrons. The quantitative estimate of drug-likeness (QED) is 0.746. The summed E-state index contributed by atoms with van der Waals surface area (Å²) in [7, 11) is 3.98. The summed E-state index contributed by atoms with van der Waals surface area (Å²) in [5.41, 5.74) is 0. The molecule has 0 saturated carbocycles. The average molecular weight is 237 g/mol. The molecule has 0 fully saturated rings. The van der Waals surface area contributed by atoms with Crippen LogP contribution >= 0.6 is 0 Å². The molecule has 0 spiro atoms. The van der Waals surface area contributed by atoms with Crippen molar-refractivity contribution < 1.29 is 0 Å². The summed E-state index contributed by atoms with van der Waals surface area (Å²) in [4.78, 5) is 10.6. The zero-order chi connectivity index (χ0) is 12.7. The van der Waals surface area contributed by atoms with Gasteiger partial charge in [0, 0.05) is 32.7 Å². The highest BCUT2D eigenvalue weighted by molar-refractivity contribution is 5.47. The summed E-state index contributed by atoms with van der Waals surface area (Å²) in [6, 6.07) is 1.98. The van der Waals surface area contributed by atoms with E-state index in [9.17, 15) is 0 Å². The highest BCUT2D eigenvalue weighted by Gasteiger charge is 2.04. The molecule has 0 radical (unpaired) electrons. The van der Waals surface area contributed by atoms with Gasteiger partial charge in [-0.2, -0.15) is 0 Å². The van der Waals surface area contributed by atoms with E-state index in [1.165, 1.54) is 0 Å². The first-order valence-corrected chi connectivity index (χ1v) is 6.05. The van der Waals surface area contributed by atoms with Crippen molar-refractivity contribution in [1.82, 2.24) is 15.3 Å². The molecule has 5 nitrogen and oxygen atoms in total. The number of hydrogen-bond donors (Lipinski definition) is 2. The van der Waals surface area contributed by atoms with E-state index in [-0.39, 0.29) is 0 Å². The lowest BCUT2D eigenvalue weighted by atomic mass is 10.2. The molecule has 0 atom stereocenters. The summed E-state index contributed by atoms with van der Waals surface area (Å²) in [6.45, 7) is 7.14. The van der Waals surface area contributed by atoms with Crippen molar-refractivity contribution in [3.05, 3.63) is 12.4 Å². The van der Waals surface area contributed by atoms with E-state index in [4.69, 9.17) is 0 Å². The number of nitrogens with zero attached hydrogens (tertiary/aromatic N) is 3. The average Bonchev–Trinajstić information content (AvgIpc) is 2.33. The largest absolute Gasteiger partial charge is 0.370 e. The van der Waals surface area contributed by atoms with Crippen LogP contribution in [0.25, 0.3) is 0 Å². The second-order valence-electron chi connectivity index (χ2n) is 4.56. The smallest absolute Gasteiger partial charge is 0.133 e. The first kappa shape index (κ1) is 13.7. The summed E-state index contributed by atoms with van der Waals surface area (Å²) in [6.07, 6.45) is 1.61. The summed E-state index contributed by atoms with van der Waals surface area (Å²) >= 11 is 0. The van der Waals surface area contributed by atoms with Crippen LogP contribution in [0.15, 0.2) is 12.4 Å². The summed E-state index contributed by atoms with van der Waals surface area (Å²) < 4.78 is 0. The van der Waals surface area contributed by atoms with Crippen LogP contribution in [-0.2, 0) is 0 Å². The van der Waals surface area contributed by atoms with Gasteiger partial charge >= 0.3 is 0 Å². The van der Waals surface area contributed by atoms with E-state index < -0.39 is 0 Å². The lowest BCUT2D eigenvalue weighted by molar-refractivity contribution is 0.686. The second-order valence-corrected chi connectivity index (χ2v) is 4.56. The molecule has 0 aliphatic rings. The number of anilines is 2. The molecule has 2 N–H and O–H groups in total. The minimum absolute atomic E-state index is 0.607. The van der Waals surface area contributed by atoms with E-state index in [0.29, 0.717) is 5.92 Å². The highest BCUT2D eigenvalue weighted by Crippen LogP contribution is 2.12. The monoisotopic (exact) mass is 237 g/mol. The zero-order valence-corrected chi connectivity index (χ0v) is 11.2. The van der Waals surface area contributed by atoms with Gasteiger partial charge in [-0.1, -0.05) is 13.8 Å². The molecule has 17 heavy (non-hydrogen) atoms. The summed E-state index contributed by atoms with van der Waals surface area (Å²) in [5.74, 6) is 2.44. The molecule has 1 aromatic rings. The highest BCUT2D eigenvalue weighted by atomic mass is 15.2. The Hall–Kier alpha value is -1.36. The maximum atomic E-state index is 4.27. The van der Waals surface area contributed by atoms with E-state index >= 15 is 0 Å². The van der Waals surface area contributed by atoms with Gasteiger partial charge in [0.05, 0.1) is 0 Å². The van der Waals surface area contributed by atoms with Crippen molar-refractivity contribution in [2.75, 3.05) is 43.9 Å². The predicted octanol–water partition coefficient (Wildman–Crippen LogP) is 1.20. The van der Waals surface area contributed by atoms with E-state index in [2.05, 4.69) is 39.3 Å². The molecule has 0 aliphatic heterocycles. The van der Waals surface area contributed by atoms with E-state index in [1.54, 1.807) is 6.33 Å². The number of aromatic nitrogens is 2. The van der Waals surface area contributed by atoms with Gasteiger partial charge in [0.15, 0.2) is 0 Å². The van der Waals surface area contributed by atoms with Gasteiger partial charge in [-0.05, 0) is 13.0 Å². The van der Waals surface area contributed by atoms with E-state index in [1.807, 2.05) is 20.2 Å². The van der Waals surface area contributed by atoms with Gasteiger partial charge in [-0.25, -0.2) is 9.97 Å². The van der Waals surface area contributed by atoms with Crippen LogP contribution in [0.5, 0.6) is 0 Å². The summed E-state index contributed by atoms with van der Waals surface area (Å²) in [5, 5.41) is 6.42. The van der Waals surface area contributed by atoms with Crippen molar-refractivity contribution in [1.29, 1.82) is 0 Å². The van der Waals surface area contributed by atoms with Crippen LogP contribution in [0.2, 0.25) is 0 Å². The molecule has 0 bridgehead atoms. The van der Waals surface area contributed by atoms with Crippen molar-refractivity contribution in [3.63, 3.8) is 0 Å². The van der Waals surface area contributed by atoms with Crippen LogP contribution in [0.4, 0.5) is 11.6 Å². The molecule has 0 saturated heterocycles. The van der Waals surface area contributed by atoms with Crippen LogP contribution in [0.1, 0.15) is 13.8 Å². The Bertz CT molecular complexity index is 326. The minimum Gasteiger partial charge on any atom is -0.370 e. The van der Waals surface area contributed by atoms with Gasteiger partial charge < -0.3 is 15.5 Å². The molecule has 1 heterocycles.